The van der Waals surface area contributed by atoms with E-state index < -0.39 is 10.0 Å². The Morgan fingerprint density at radius 2 is 2.09 bits per heavy atom. The molecule has 0 saturated carbocycles. The van der Waals surface area contributed by atoms with Gasteiger partial charge in [-0.3, -0.25) is 0 Å². The van der Waals surface area contributed by atoms with E-state index in [9.17, 15) is 8.42 Å². The van der Waals surface area contributed by atoms with Crippen LogP contribution in [0.2, 0.25) is 5.02 Å². The fraction of sp³-hybridized carbons (Fsp3) is 0.600. The van der Waals surface area contributed by atoms with Crippen LogP contribution in [0.15, 0.2) is 24.3 Å². The summed E-state index contributed by atoms with van der Waals surface area (Å²) in [6, 6.07) is 7.77. The first-order valence-electron chi connectivity index (χ1n) is 7.33. The van der Waals surface area contributed by atoms with Crippen LogP contribution in [-0.2, 0) is 14.8 Å². The van der Waals surface area contributed by atoms with Gasteiger partial charge in [-0.25, -0.2) is 12.7 Å². The SMILES string of the molecule is COC[C@@H](NC[C@@H]1CCN(S(C)(=O)=O)C1)c1ccc(Cl)cc1. The lowest BCUT2D eigenvalue weighted by Crippen LogP contribution is -2.33. The number of nitrogens with one attached hydrogen (secondary N) is 1. The fourth-order valence-electron chi connectivity index (χ4n) is 2.71. The fourth-order valence-corrected chi connectivity index (χ4v) is 3.75. The van der Waals surface area contributed by atoms with E-state index in [-0.39, 0.29) is 6.04 Å². The highest BCUT2D eigenvalue weighted by molar-refractivity contribution is 7.88. The molecule has 22 heavy (non-hydrogen) atoms. The summed E-state index contributed by atoms with van der Waals surface area (Å²) in [7, 11) is -1.40. The highest BCUT2D eigenvalue weighted by Crippen LogP contribution is 2.21. The molecule has 124 valence electrons. The molecule has 2 atom stereocenters. The van der Waals surface area contributed by atoms with Gasteiger partial charge in [0.1, 0.15) is 0 Å². The lowest BCUT2D eigenvalue weighted by molar-refractivity contribution is 0.164. The average molecular weight is 347 g/mol. The lowest BCUT2D eigenvalue weighted by Gasteiger charge is -2.21. The van der Waals surface area contributed by atoms with Crippen molar-refractivity contribution in [3.8, 4) is 0 Å². The molecule has 5 nitrogen and oxygen atoms in total. The first-order valence-corrected chi connectivity index (χ1v) is 9.55. The number of benzene rings is 1. The summed E-state index contributed by atoms with van der Waals surface area (Å²) in [5.41, 5.74) is 1.12. The number of ether oxygens (including phenoxy) is 1. The quantitative estimate of drug-likeness (QED) is 0.819. The molecule has 7 heteroatoms. The minimum absolute atomic E-state index is 0.0783. The van der Waals surface area contributed by atoms with Gasteiger partial charge < -0.3 is 10.1 Å². The molecule has 1 fully saturated rings. The highest BCUT2D eigenvalue weighted by Gasteiger charge is 2.28. The molecule has 0 radical (unpaired) electrons. The molecule has 1 saturated heterocycles. The predicted molar refractivity (Wildman–Crippen MR) is 88.6 cm³/mol. The van der Waals surface area contributed by atoms with E-state index in [4.69, 9.17) is 16.3 Å². The summed E-state index contributed by atoms with van der Waals surface area (Å²) in [4.78, 5) is 0. The molecule has 1 aliphatic rings. The van der Waals surface area contributed by atoms with Crippen LogP contribution >= 0.6 is 11.6 Å². The van der Waals surface area contributed by atoms with Gasteiger partial charge in [0.2, 0.25) is 10.0 Å². The van der Waals surface area contributed by atoms with Crippen LogP contribution in [0.5, 0.6) is 0 Å². The van der Waals surface area contributed by atoms with E-state index in [0.29, 0.717) is 30.6 Å². The van der Waals surface area contributed by atoms with Gasteiger partial charge in [-0.05, 0) is 36.6 Å². The molecule has 1 aromatic carbocycles. The third-order valence-electron chi connectivity index (χ3n) is 3.98. The molecule has 0 unspecified atom stereocenters. The number of rotatable bonds is 7. The van der Waals surface area contributed by atoms with Crippen molar-refractivity contribution >= 4 is 21.6 Å². The Morgan fingerprint density at radius 3 is 2.64 bits per heavy atom. The Balaban J connectivity index is 1.91. The number of nitrogens with zero attached hydrogens (tertiary/aromatic N) is 1. The van der Waals surface area contributed by atoms with Crippen molar-refractivity contribution in [2.75, 3.05) is 39.6 Å². The molecule has 0 amide bonds. The Morgan fingerprint density at radius 1 is 1.41 bits per heavy atom. The number of sulfonamides is 1. The predicted octanol–water partition coefficient (Wildman–Crippen LogP) is 1.90. The van der Waals surface area contributed by atoms with Crippen LogP contribution in [-0.4, -0.2) is 52.3 Å². The number of hydrogen-bond donors (Lipinski definition) is 1. The Kier molecular flexibility index (Phi) is 6.23. The second-order valence-electron chi connectivity index (χ2n) is 5.74. The zero-order valence-electron chi connectivity index (χ0n) is 13.0. The van der Waals surface area contributed by atoms with Gasteiger partial charge in [0, 0.05) is 25.2 Å². The number of hydrogen-bond acceptors (Lipinski definition) is 4. The van der Waals surface area contributed by atoms with Crippen molar-refractivity contribution < 1.29 is 13.2 Å². The maximum Gasteiger partial charge on any atom is 0.211 e. The minimum Gasteiger partial charge on any atom is -0.383 e. The summed E-state index contributed by atoms with van der Waals surface area (Å²) in [5, 5.41) is 4.19. The summed E-state index contributed by atoms with van der Waals surface area (Å²) in [6.07, 6.45) is 2.16. The van der Waals surface area contributed by atoms with E-state index in [1.807, 2.05) is 24.3 Å². The second-order valence-corrected chi connectivity index (χ2v) is 8.16. The second kappa shape index (κ2) is 7.75. The maximum absolute atomic E-state index is 11.5. The van der Waals surface area contributed by atoms with Crippen LogP contribution in [0, 0.1) is 5.92 Å². The monoisotopic (exact) mass is 346 g/mol. The van der Waals surface area contributed by atoms with E-state index >= 15 is 0 Å². The first kappa shape index (κ1) is 17.7. The van der Waals surface area contributed by atoms with E-state index in [1.165, 1.54) is 6.26 Å². The average Bonchev–Trinajstić information content (AvgIpc) is 2.93. The van der Waals surface area contributed by atoms with E-state index in [0.717, 1.165) is 18.5 Å². The summed E-state index contributed by atoms with van der Waals surface area (Å²) < 4.78 is 29.9. The summed E-state index contributed by atoms with van der Waals surface area (Å²) in [5.74, 6) is 0.335. The molecular formula is C15H23ClN2O3S. The number of methoxy groups -OCH3 is 1. The van der Waals surface area contributed by atoms with Gasteiger partial charge in [0.15, 0.2) is 0 Å². The van der Waals surface area contributed by atoms with Crippen LogP contribution < -0.4 is 5.32 Å². The standard InChI is InChI=1S/C15H23ClN2O3S/c1-21-11-15(13-3-5-14(16)6-4-13)17-9-12-7-8-18(10-12)22(2,19)20/h3-6,12,15,17H,7-11H2,1-2H3/t12-,15+/m0/s1. The normalized spacial score (nSPS) is 21.1. The van der Waals surface area contributed by atoms with Crippen LogP contribution in [0.3, 0.4) is 0 Å². The molecule has 0 aliphatic carbocycles. The zero-order chi connectivity index (χ0) is 16.2. The first-order chi connectivity index (χ1) is 10.4. The molecule has 1 aromatic rings. The van der Waals surface area contributed by atoms with Crippen molar-refractivity contribution in [3.63, 3.8) is 0 Å². The number of halogens is 1. The highest BCUT2D eigenvalue weighted by atomic mass is 35.5. The van der Waals surface area contributed by atoms with Gasteiger partial charge in [0.25, 0.3) is 0 Å². The lowest BCUT2D eigenvalue weighted by atomic mass is 10.1. The van der Waals surface area contributed by atoms with Crippen LogP contribution in [0.25, 0.3) is 0 Å². The summed E-state index contributed by atoms with van der Waals surface area (Å²) in [6.45, 7) is 2.53. The smallest absolute Gasteiger partial charge is 0.211 e. The van der Waals surface area contributed by atoms with E-state index in [2.05, 4.69) is 5.32 Å². The Hall–Kier alpha value is -0.660. The molecule has 0 bridgehead atoms. The van der Waals surface area contributed by atoms with Gasteiger partial charge in [-0.2, -0.15) is 0 Å². The van der Waals surface area contributed by atoms with Crippen LogP contribution in [0.4, 0.5) is 0 Å². The molecular weight excluding hydrogens is 324 g/mol. The largest absolute Gasteiger partial charge is 0.383 e. The van der Waals surface area contributed by atoms with Crippen molar-refractivity contribution in [1.29, 1.82) is 0 Å². The molecule has 1 N–H and O–H groups in total. The van der Waals surface area contributed by atoms with Crippen LogP contribution in [0.1, 0.15) is 18.0 Å². The van der Waals surface area contributed by atoms with Gasteiger partial charge in [0.05, 0.1) is 18.9 Å². The maximum atomic E-state index is 11.5. The molecule has 2 rings (SSSR count). The van der Waals surface area contributed by atoms with Crippen molar-refractivity contribution in [1.82, 2.24) is 9.62 Å². The third kappa shape index (κ3) is 4.93. The minimum atomic E-state index is -3.07. The van der Waals surface area contributed by atoms with Crippen molar-refractivity contribution in [2.24, 2.45) is 5.92 Å². The van der Waals surface area contributed by atoms with Gasteiger partial charge in [-0.15, -0.1) is 0 Å². The Labute approximate surface area is 137 Å². The van der Waals surface area contributed by atoms with Gasteiger partial charge >= 0.3 is 0 Å². The molecule has 0 aromatic heterocycles. The van der Waals surface area contributed by atoms with Crippen molar-refractivity contribution in [2.45, 2.75) is 12.5 Å². The van der Waals surface area contributed by atoms with Gasteiger partial charge in [-0.1, -0.05) is 23.7 Å². The Bertz CT molecular complexity index is 577. The third-order valence-corrected chi connectivity index (χ3v) is 5.50. The summed E-state index contributed by atoms with van der Waals surface area (Å²) >= 11 is 5.92. The molecule has 1 heterocycles. The van der Waals surface area contributed by atoms with E-state index in [1.54, 1.807) is 11.4 Å². The topological polar surface area (TPSA) is 58.6 Å². The molecule has 0 spiro atoms. The molecule has 1 aliphatic heterocycles. The zero-order valence-corrected chi connectivity index (χ0v) is 14.5. The van der Waals surface area contributed by atoms with Crippen molar-refractivity contribution in [3.05, 3.63) is 34.9 Å².